The highest BCUT2D eigenvalue weighted by atomic mass is 16.6. The van der Waals surface area contributed by atoms with E-state index in [0.29, 0.717) is 5.75 Å². The highest BCUT2D eigenvalue weighted by Gasteiger charge is 2.23. The van der Waals surface area contributed by atoms with Crippen LogP contribution in [-0.2, 0) is 13.6 Å². The molecule has 10 heteroatoms. The molecule has 0 radical (unpaired) electrons. The number of fused-ring (bicyclic) bond motifs is 1. The van der Waals surface area contributed by atoms with Crippen molar-refractivity contribution in [1.29, 1.82) is 0 Å². The number of aromatic amines is 1. The van der Waals surface area contributed by atoms with Crippen LogP contribution >= 0.6 is 0 Å². The summed E-state index contributed by atoms with van der Waals surface area (Å²) in [4.78, 5) is 43.5. The van der Waals surface area contributed by atoms with Crippen LogP contribution in [0.4, 0.5) is 0 Å². The molecule has 33 heavy (non-hydrogen) atoms. The van der Waals surface area contributed by atoms with Crippen LogP contribution < -0.4 is 20.7 Å². The van der Waals surface area contributed by atoms with Gasteiger partial charge in [0.25, 0.3) is 5.56 Å². The smallest absolute Gasteiger partial charge is 0.345 e. The third-order valence-electron chi connectivity index (χ3n) is 5.02. The van der Waals surface area contributed by atoms with E-state index in [1.807, 2.05) is 19.1 Å². The van der Waals surface area contributed by atoms with Gasteiger partial charge in [0.2, 0.25) is 0 Å². The molecule has 2 aromatic heterocycles. The van der Waals surface area contributed by atoms with Crippen LogP contribution in [0.15, 0.2) is 64.2 Å². The molecule has 0 fully saturated rings. The number of hydrogen-bond donors (Lipinski definition) is 2. The number of nitrogens with zero attached hydrogens (tertiary/aromatic N) is 3. The Morgan fingerprint density at radius 1 is 1.12 bits per heavy atom. The Hall–Kier alpha value is -4.18. The van der Waals surface area contributed by atoms with Gasteiger partial charge in [-0.25, -0.2) is 9.59 Å². The number of carbonyl (C=O) groups excluding carboxylic acids is 1. The minimum Gasteiger partial charge on any atom is -0.491 e. The number of aliphatic hydroxyl groups is 1. The molecule has 2 heterocycles. The average molecular weight is 450 g/mol. The molecule has 0 amide bonds. The number of esters is 1. The molecule has 2 aromatic carbocycles. The molecular formula is C23H22N4O6. The van der Waals surface area contributed by atoms with Gasteiger partial charge in [-0.2, -0.15) is 4.98 Å². The zero-order chi connectivity index (χ0) is 23.5. The number of carbonyl (C=O) groups is 1. The molecule has 0 bridgehead atoms. The topological polar surface area (TPSA) is 128 Å². The molecule has 2 N–H and O–H groups in total. The summed E-state index contributed by atoms with van der Waals surface area (Å²) in [5.74, 6) is -0.120. The van der Waals surface area contributed by atoms with Crippen molar-refractivity contribution in [2.24, 2.45) is 7.05 Å². The Morgan fingerprint density at radius 3 is 2.52 bits per heavy atom. The van der Waals surface area contributed by atoms with Crippen molar-refractivity contribution in [3.05, 3.63) is 86.6 Å². The van der Waals surface area contributed by atoms with Crippen LogP contribution in [0.5, 0.6) is 11.8 Å². The number of imidazole rings is 1. The molecule has 1 atom stereocenters. The molecular weight excluding hydrogens is 428 g/mol. The Balaban J connectivity index is 1.65. The fraction of sp³-hybridized carbons (Fsp3) is 0.217. The van der Waals surface area contributed by atoms with E-state index in [1.165, 1.54) is 11.6 Å². The molecule has 4 rings (SSSR count). The van der Waals surface area contributed by atoms with Crippen LogP contribution in [0.25, 0.3) is 11.2 Å². The van der Waals surface area contributed by atoms with Crippen LogP contribution in [0.1, 0.15) is 15.9 Å². The fourth-order valence-corrected chi connectivity index (χ4v) is 3.27. The summed E-state index contributed by atoms with van der Waals surface area (Å²) in [5, 5.41) is 10.6. The lowest BCUT2D eigenvalue weighted by molar-refractivity contribution is 0.0684. The Bertz CT molecular complexity index is 1400. The van der Waals surface area contributed by atoms with Gasteiger partial charge in [0.1, 0.15) is 18.5 Å². The summed E-state index contributed by atoms with van der Waals surface area (Å²) >= 11 is 0. The van der Waals surface area contributed by atoms with E-state index in [4.69, 9.17) is 9.47 Å². The number of aromatic nitrogens is 4. The van der Waals surface area contributed by atoms with Crippen molar-refractivity contribution < 1.29 is 19.4 Å². The molecule has 0 unspecified atom stereocenters. The molecule has 170 valence electrons. The Labute approximate surface area is 187 Å². The predicted octanol–water partition coefficient (Wildman–Crippen LogP) is 1.39. The number of H-pyrrole nitrogens is 1. The van der Waals surface area contributed by atoms with Crippen molar-refractivity contribution in [2.75, 3.05) is 6.61 Å². The van der Waals surface area contributed by atoms with E-state index in [1.54, 1.807) is 42.5 Å². The summed E-state index contributed by atoms with van der Waals surface area (Å²) < 4.78 is 13.4. The maximum atomic E-state index is 12.6. The lowest BCUT2D eigenvalue weighted by atomic mass is 10.2. The summed E-state index contributed by atoms with van der Waals surface area (Å²) in [7, 11) is 1.43. The zero-order valence-electron chi connectivity index (χ0n) is 18.0. The van der Waals surface area contributed by atoms with E-state index in [9.17, 15) is 19.5 Å². The Morgan fingerprint density at radius 2 is 1.82 bits per heavy atom. The first-order valence-corrected chi connectivity index (χ1v) is 10.2. The van der Waals surface area contributed by atoms with Crippen molar-refractivity contribution in [1.82, 2.24) is 19.1 Å². The normalized spacial score (nSPS) is 12.0. The summed E-state index contributed by atoms with van der Waals surface area (Å²) in [6.45, 7) is 1.70. The van der Waals surface area contributed by atoms with Gasteiger partial charge in [-0.05, 0) is 31.2 Å². The number of nitrogens with one attached hydrogen (secondary N) is 1. The number of benzene rings is 2. The van der Waals surface area contributed by atoms with Gasteiger partial charge in [-0.3, -0.25) is 18.9 Å². The van der Waals surface area contributed by atoms with Gasteiger partial charge < -0.3 is 14.6 Å². The number of ether oxygens (including phenoxy) is 2. The molecule has 0 aliphatic carbocycles. The van der Waals surface area contributed by atoms with E-state index < -0.39 is 23.3 Å². The second-order valence-corrected chi connectivity index (χ2v) is 7.53. The van der Waals surface area contributed by atoms with Gasteiger partial charge in [-0.1, -0.05) is 35.9 Å². The van der Waals surface area contributed by atoms with Gasteiger partial charge >= 0.3 is 17.7 Å². The highest BCUT2D eigenvalue weighted by Crippen LogP contribution is 2.20. The second kappa shape index (κ2) is 9.13. The van der Waals surface area contributed by atoms with E-state index in [0.717, 1.165) is 10.1 Å². The molecule has 10 nitrogen and oxygen atoms in total. The van der Waals surface area contributed by atoms with E-state index >= 15 is 0 Å². The summed E-state index contributed by atoms with van der Waals surface area (Å²) in [6.07, 6.45) is -1.07. The molecule has 0 saturated carbocycles. The minimum atomic E-state index is -1.07. The van der Waals surface area contributed by atoms with E-state index in [-0.39, 0.29) is 35.9 Å². The number of rotatable bonds is 7. The van der Waals surface area contributed by atoms with Crippen molar-refractivity contribution in [3.8, 4) is 11.8 Å². The second-order valence-electron chi connectivity index (χ2n) is 7.53. The van der Waals surface area contributed by atoms with Crippen LogP contribution in [0, 0.1) is 6.92 Å². The third-order valence-corrected chi connectivity index (χ3v) is 5.02. The number of aliphatic hydroxyl groups excluding tert-OH is 1. The maximum absolute atomic E-state index is 12.6. The molecule has 4 aromatic rings. The lowest BCUT2D eigenvalue weighted by Gasteiger charge is -2.15. The van der Waals surface area contributed by atoms with Gasteiger partial charge in [0.05, 0.1) is 12.1 Å². The van der Waals surface area contributed by atoms with Gasteiger partial charge in [-0.15, -0.1) is 0 Å². The first-order valence-electron chi connectivity index (χ1n) is 10.2. The van der Waals surface area contributed by atoms with Crippen molar-refractivity contribution >= 4 is 17.1 Å². The molecule has 0 aliphatic heterocycles. The quantitative estimate of drug-likeness (QED) is 0.407. The first kappa shape index (κ1) is 22.0. The minimum absolute atomic E-state index is 0.0117. The Kier molecular flexibility index (Phi) is 6.09. The molecule has 0 saturated heterocycles. The standard InChI is InChI=1S/C23H22N4O6/c1-14-8-10-17(11-9-14)32-13-16(28)12-27-18-19(26(2)22(31)25-20(18)29)24-23(27)33-21(30)15-6-4-3-5-7-15/h3-11,16,28H,12-13H2,1-2H3,(H,25,29,31)/t16-/m0/s1. The van der Waals surface area contributed by atoms with Gasteiger partial charge in [0, 0.05) is 7.05 Å². The van der Waals surface area contributed by atoms with Gasteiger partial charge in [0.15, 0.2) is 11.2 Å². The number of hydrogen-bond acceptors (Lipinski definition) is 7. The summed E-state index contributed by atoms with van der Waals surface area (Å²) in [5.41, 5.74) is -0.0196. The molecule has 0 spiro atoms. The highest BCUT2D eigenvalue weighted by molar-refractivity contribution is 5.91. The largest absolute Gasteiger partial charge is 0.491 e. The fourth-order valence-electron chi connectivity index (χ4n) is 3.27. The lowest BCUT2D eigenvalue weighted by Crippen LogP contribution is -2.30. The van der Waals surface area contributed by atoms with Crippen molar-refractivity contribution in [2.45, 2.75) is 19.6 Å². The average Bonchev–Trinajstić information content (AvgIpc) is 3.16. The summed E-state index contributed by atoms with van der Waals surface area (Å²) in [6, 6.07) is 15.4. The number of aryl methyl sites for hydroxylation is 2. The molecule has 0 aliphatic rings. The van der Waals surface area contributed by atoms with Crippen LogP contribution in [0.2, 0.25) is 0 Å². The monoisotopic (exact) mass is 450 g/mol. The third kappa shape index (κ3) is 4.70. The SMILES string of the molecule is Cc1ccc(OC[C@@H](O)Cn2c(OC(=O)c3ccccc3)nc3c2c(=O)[nH]c(=O)n3C)cc1. The first-order chi connectivity index (χ1) is 15.8. The van der Waals surface area contributed by atoms with Crippen LogP contribution in [-0.4, -0.2) is 42.9 Å². The van der Waals surface area contributed by atoms with Crippen molar-refractivity contribution in [3.63, 3.8) is 0 Å². The zero-order valence-corrected chi connectivity index (χ0v) is 18.0. The predicted molar refractivity (Wildman–Crippen MR) is 120 cm³/mol. The maximum Gasteiger partial charge on any atom is 0.345 e. The van der Waals surface area contributed by atoms with Crippen LogP contribution in [0.3, 0.4) is 0 Å². The van der Waals surface area contributed by atoms with E-state index in [2.05, 4.69) is 9.97 Å².